The molecule has 1 fully saturated rings. The summed E-state index contributed by atoms with van der Waals surface area (Å²) >= 11 is 0. The summed E-state index contributed by atoms with van der Waals surface area (Å²) in [4.78, 5) is 10.4. The summed E-state index contributed by atoms with van der Waals surface area (Å²) in [5.74, 6) is 2.79. The number of hydrogen-bond donors (Lipinski definition) is 3. The molecule has 174 valence electrons. The maximum absolute atomic E-state index is 12.5. The van der Waals surface area contributed by atoms with Crippen molar-refractivity contribution in [1.29, 1.82) is 0 Å². The molecule has 3 heterocycles. The third kappa shape index (κ3) is 8.67. The minimum Gasteiger partial charge on any atom is -0.461 e. The zero-order valence-corrected chi connectivity index (χ0v) is 19.7. The van der Waals surface area contributed by atoms with Crippen molar-refractivity contribution in [2.75, 3.05) is 32.7 Å². The van der Waals surface area contributed by atoms with Crippen molar-refractivity contribution in [2.45, 2.75) is 38.9 Å². The highest BCUT2D eigenvalue weighted by atomic mass is 127. The van der Waals surface area contributed by atoms with Crippen LogP contribution in [0.15, 0.2) is 27.8 Å². The summed E-state index contributed by atoms with van der Waals surface area (Å²) in [6, 6.07) is 3.56. The van der Waals surface area contributed by atoms with Crippen LogP contribution in [-0.2, 0) is 6.54 Å². The van der Waals surface area contributed by atoms with Gasteiger partial charge < -0.3 is 15.1 Å². The lowest BCUT2D eigenvalue weighted by molar-refractivity contribution is -0.148. The van der Waals surface area contributed by atoms with E-state index in [-0.39, 0.29) is 24.0 Å². The van der Waals surface area contributed by atoms with Crippen molar-refractivity contribution in [3.63, 3.8) is 0 Å². The van der Waals surface area contributed by atoms with Gasteiger partial charge in [-0.25, -0.2) is 9.98 Å². The molecule has 0 saturated carbocycles. The van der Waals surface area contributed by atoms with Gasteiger partial charge in [-0.15, -0.1) is 29.1 Å². The first-order valence-electron chi connectivity index (χ1n) is 10.2. The molecule has 0 bridgehead atoms. The number of aromatic nitrogens is 3. The number of piperidine rings is 1. The Balaban J connectivity index is 0.00000341. The minimum absolute atomic E-state index is 0. The Morgan fingerprint density at radius 2 is 2.10 bits per heavy atom. The monoisotopic (exact) mass is 555 g/mol. The van der Waals surface area contributed by atoms with Gasteiger partial charge in [-0.05, 0) is 57.3 Å². The highest BCUT2D eigenvalue weighted by molar-refractivity contribution is 14.0. The number of guanidine groups is 1. The number of nitrogens with one attached hydrogen (secondary N) is 3. The average molecular weight is 555 g/mol. The van der Waals surface area contributed by atoms with Crippen molar-refractivity contribution in [3.05, 3.63) is 24.2 Å². The predicted molar refractivity (Wildman–Crippen MR) is 122 cm³/mol. The first-order chi connectivity index (χ1) is 14.4. The second-order valence-electron chi connectivity index (χ2n) is 7.33. The number of alkyl halides is 3. The molecule has 0 unspecified atom stereocenters. The number of aliphatic imine (C=N–C) groups is 1. The standard InChI is InChI=1S/C19H28F3N7O.HI/c1-2-23-18(25-12-16-26-17(28-27-16)15-4-3-11-30-15)24-8-5-14-6-9-29(10-7-14)13-19(20,21)22;/h3-4,11,14H,2,5-10,12-13H2,1H3,(H2,23,24,25)(H,26,27,28);1H. The summed E-state index contributed by atoms with van der Waals surface area (Å²) in [7, 11) is 0. The molecule has 1 aliphatic rings. The van der Waals surface area contributed by atoms with Crippen LogP contribution in [0, 0.1) is 5.92 Å². The van der Waals surface area contributed by atoms with Crippen LogP contribution in [0.4, 0.5) is 13.2 Å². The lowest BCUT2D eigenvalue weighted by atomic mass is 9.93. The molecule has 31 heavy (non-hydrogen) atoms. The van der Waals surface area contributed by atoms with E-state index < -0.39 is 12.7 Å². The molecular weight excluding hydrogens is 526 g/mol. The predicted octanol–water partition coefficient (Wildman–Crippen LogP) is 3.40. The summed E-state index contributed by atoms with van der Waals surface area (Å²) in [5.41, 5.74) is 0. The Labute approximate surface area is 196 Å². The van der Waals surface area contributed by atoms with Gasteiger partial charge in [-0.1, -0.05) is 0 Å². The molecule has 2 aromatic rings. The van der Waals surface area contributed by atoms with E-state index in [0.29, 0.717) is 55.5 Å². The van der Waals surface area contributed by atoms with Crippen LogP contribution in [-0.4, -0.2) is 64.9 Å². The largest absolute Gasteiger partial charge is 0.461 e. The normalized spacial score (nSPS) is 16.2. The summed E-state index contributed by atoms with van der Waals surface area (Å²) < 4.78 is 42.7. The topological polar surface area (TPSA) is 94.4 Å². The Kier molecular flexibility index (Phi) is 10.1. The highest BCUT2D eigenvalue weighted by Gasteiger charge is 2.32. The Hall–Kier alpha value is -1.83. The zero-order chi connectivity index (χ0) is 21.4. The summed E-state index contributed by atoms with van der Waals surface area (Å²) in [6.07, 6.45) is -0.0714. The smallest absolute Gasteiger partial charge is 0.401 e. The van der Waals surface area contributed by atoms with E-state index in [9.17, 15) is 13.2 Å². The van der Waals surface area contributed by atoms with Crippen molar-refractivity contribution in [3.8, 4) is 11.6 Å². The number of halogens is 4. The number of furan rings is 1. The van der Waals surface area contributed by atoms with Crippen molar-refractivity contribution in [1.82, 2.24) is 30.7 Å². The molecule has 0 radical (unpaired) electrons. The molecule has 0 spiro atoms. The molecular formula is C19H29F3IN7O. The fourth-order valence-corrected chi connectivity index (χ4v) is 3.46. The van der Waals surface area contributed by atoms with Gasteiger partial charge in [0.15, 0.2) is 11.7 Å². The molecule has 0 aromatic carbocycles. The Bertz CT molecular complexity index is 787. The van der Waals surface area contributed by atoms with E-state index in [2.05, 4.69) is 30.8 Å². The van der Waals surface area contributed by atoms with Crippen LogP contribution in [0.5, 0.6) is 0 Å². The summed E-state index contributed by atoms with van der Waals surface area (Å²) in [6.45, 7) is 3.94. The maximum atomic E-state index is 12.5. The molecule has 0 amide bonds. The third-order valence-corrected chi connectivity index (χ3v) is 4.96. The van der Waals surface area contributed by atoms with Crippen molar-refractivity contribution < 1.29 is 17.6 Å². The quantitative estimate of drug-likeness (QED) is 0.263. The highest BCUT2D eigenvalue weighted by Crippen LogP contribution is 2.24. The molecule has 3 rings (SSSR count). The van der Waals surface area contributed by atoms with Gasteiger partial charge >= 0.3 is 6.18 Å². The van der Waals surface area contributed by atoms with E-state index in [0.717, 1.165) is 25.8 Å². The van der Waals surface area contributed by atoms with Crippen molar-refractivity contribution >= 4 is 29.9 Å². The first kappa shape index (κ1) is 25.4. The molecule has 1 saturated heterocycles. The molecule has 0 atom stereocenters. The van der Waals surface area contributed by atoms with E-state index in [1.54, 1.807) is 18.4 Å². The summed E-state index contributed by atoms with van der Waals surface area (Å²) in [5, 5.41) is 13.4. The van der Waals surface area contributed by atoms with Gasteiger partial charge in [0.05, 0.1) is 12.8 Å². The lowest BCUT2D eigenvalue weighted by Crippen LogP contribution is -2.41. The lowest BCUT2D eigenvalue weighted by Gasteiger charge is -2.32. The van der Waals surface area contributed by atoms with Crippen LogP contribution in [0.1, 0.15) is 32.0 Å². The number of hydrogen-bond acceptors (Lipinski definition) is 5. The van der Waals surface area contributed by atoms with Gasteiger partial charge in [0, 0.05) is 13.1 Å². The SMILES string of the molecule is CCNC(=NCc1nc(-c2ccco2)n[nH]1)NCCC1CCN(CC(F)(F)F)CC1.I. The maximum Gasteiger partial charge on any atom is 0.401 e. The van der Waals surface area contributed by atoms with Crippen LogP contribution in [0.2, 0.25) is 0 Å². The number of rotatable bonds is 8. The van der Waals surface area contributed by atoms with Gasteiger partial charge in [0.1, 0.15) is 12.4 Å². The van der Waals surface area contributed by atoms with E-state index in [1.165, 1.54) is 4.90 Å². The van der Waals surface area contributed by atoms with Gasteiger partial charge in [0.2, 0.25) is 5.82 Å². The second-order valence-corrected chi connectivity index (χ2v) is 7.33. The van der Waals surface area contributed by atoms with Crippen LogP contribution >= 0.6 is 24.0 Å². The number of H-pyrrole nitrogens is 1. The van der Waals surface area contributed by atoms with Gasteiger partial charge in [-0.3, -0.25) is 10.00 Å². The van der Waals surface area contributed by atoms with E-state index >= 15 is 0 Å². The average Bonchev–Trinajstić information content (AvgIpc) is 3.38. The van der Waals surface area contributed by atoms with Gasteiger partial charge in [0.25, 0.3) is 0 Å². The van der Waals surface area contributed by atoms with E-state index in [4.69, 9.17) is 4.42 Å². The first-order valence-corrected chi connectivity index (χ1v) is 10.2. The molecule has 1 aliphatic heterocycles. The molecule has 12 heteroatoms. The fraction of sp³-hybridized carbons (Fsp3) is 0.632. The molecule has 3 N–H and O–H groups in total. The minimum atomic E-state index is -4.12. The Morgan fingerprint density at radius 1 is 1.32 bits per heavy atom. The number of nitrogens with zero attached hydrogens (tertiary/aromatic N) is 4. The van der Waals surface area contributed by atoms with Gasteiger partial charge in [-0.2, -0.15) is 13.2 Å². The van der Waals surface area contributed by atoms with Crippen LogP contribution in [0.25, 0.3) is 11.6 Å². The van der Waals surface area contributed by atoms with Crippen LogP contribution < -0.4 is 10.6 Å². The fourth-order valence-electron chi connectivity index (χ4n) is 3.46. The zero-order valence-electron chi connectivity index (χ0n) is 17.4. The van der Waals surface area contributed by atoms with E-state index in [1.807, 2.05) is 6.92 Å². The number of likely N-dealkylation sites (tertiary alicyclic amines) is 1. The molecule has 8 nitrogen and oxygen atoms in total. The molecule has 0 aliphatic carbocycles. The second kappa shape index (κ2) is 12.3. The number of aromatic amines is 1. The van der Waals surface area contributed by atoms with Crippen LogP contribution in [0.3, 0.4) is 0 Å². The third-order valence-electron chi connectivity index (χ3n) is 4.96. The Morgan fingerprint density at radius 3 is 2.74 bits per heavy atom. The van der Waals surface area contributed by atoms with Crippen molar-refractivity contribution in [2.24, 2.45) is 10.9 Å². The molecule has 2 aromatic heterocycles.